The second kappa shape index (κ2) is 4.39. The van der Waals surface area contributed by atoms with E-state index >= 15 is 0 Å². The molecule has 3 nitrogen and oxygen atoms in total. The first-order chi connectivity index (χ1) is 6.92. The van der Waals surface area contributed by atoms with Crippen molar-refractivity contribution < 1.29 is 0 Å². The number of H-pyrrole nitrogens is 1. The van der Waals surface area contributed by atoms with Gasteiger partial charge in [0.15, 0.2) is 0 Å². The molecule has 2 rings (SSSR count). The van der Waals surface area contributed by atoms with E-state index in [0.29, 0.717) is 0 Å². The van der Waals surface area contributed by atoms with Gasteiger partial charge in [-0.15, -0.1) is 11.3 Å². The zero-order chi connectivity index (χ0) is 9.80. The first-order valence-corrected chi connectivity index (χ1v) is 5.50. The van der Waals surface area contributed by atoms with Crippen molar-refractivity contribution in [1.29, 1.82) is 0 Å². The molecule has 2 heterocycles. The number of nitrogens with one attached hydrogen (secondary N) is 2. The van der Waals surface area contributed by atoms with Crippen LogP contribution in [0.5, 0.6) is 0 Å². The fourth-order valence-corrected chi connectivity index (χ4v) is 2.16. The average molecular weight is 207 g/mol. The van der Waals surface area contributed by atoms with Gasteiger partial charge in [-0.1, -0.05) is 6.07 Å². The molecule has 0 amide bonds. The van der Waals surface area contributed by atoms with E-state index in [1.807, 2.05) is 13.2 Å². The Balaban J connectivity index is 2.22. The standard InChI is InChI=1S/C10H13N3S/c1-11-5-4-9-8(7-12-13-9)10-3-2-6-14-10/h2-3,6-7,11H,4-5H2,1H3,(H,12,13). The predicted octanol–water partition coefficient (Wildman–Crippen LogP) is 1.90. The molecule has 0 spiro atoms. The summed E-state index contributed by atoms with van der Waals surface area (Å²) in [6.07, 6.45) is 2.89. The van der Waals surface area contributed by atoms with E-state index < -0.39 is 0 Å². The molecule has 2 N–H and O–H groups in total. The maximum absolute atomic E-state index is 4.08. The van der Waals surface area contributed by atoms with E-state index in [4.69, 9.17) is 0 Å². The maximum atomic E-state index is 4.08. The zero-order valence-corrected chi connectivity index (χ0v) is 8.90. The number of likely N-dealkylation sites (N-methyl/N-ethyl adjacent to an activating group) is 1. The summed E-state index contributed by atoms with van der Waals surface area (Å²) in [5.74, 6) is 0. The quantitative estimate of drug-likeness (QED) is 0.804. The summed E-state index contributed by atoms with van der Waals surface area (Å²) >= 11 is 1.75. The van der Waals surface area contributed by atoms with Gasteiger partial charge in [-0.05, 0) is 18.5 Å². The third-order valence-electron chi connectivity index (χ3n) is 2.13. The molecule has 2 aromatic heterocycles. The SMILES string of the molecule is CNCCc1[nH]ncc1-c1cccs1. The van der Waals surface area contributed by atoms with Crippen LogP contribution < -0.4 is 5.32 Å². The van der Waals surface area contributed by atoms with Crippen LogP contribution >= 0.6 is 11.3 Å². The van der Waals surface area contributed by atoms with Gasteiger partial charge < -0.3 is 5.32 Å². The lowest BCUT2D eigenvalue weighted by Crippen LogP contribution is -2.10. The fraction of sp³-hybridized carbons (Fsp3) is 0.300. The van der Waals surface area contributed by atoms with E-state index in [9.17, 15) is 0 Å². The Kier molecular flexibility index (Phi) is 2.96. The van der Waals surface area contributed by atoms with Crippen molar-refractivity contribution in [1.82, 2.24) is 15.5 Å². The minimum atomic E-state index is 0.973. The van der Waals surface area contributed by atoms with E-state index in [0.717, 1.165) is 13.0 Å². The van der Waals surface area contributed by atoms with Gasteiger partial charge in [0.2, 0.25) is 0 Å². The largest absolute Gasteiger partial charge is 0.319 e. The van der Waals surface area contributed by atoms with Gasteiger partial charge in [-0.25, -0.2) is 0 Å². The monoisotopic (exact) mass is 207 g/mol. The molecule has 2 aromatic rings. The maximum Gasteiger partial charge on any atom is 0.0576 e. The Morgan fingerprint density at radius 1 is 1.57 bits per heavy atom. The Hall–Kier alpha value is -1.13. The lowest BCUT2D eigenvalue weighted by atomic mass is 10.1. The van der Waals surface area contributed by atoms with Crippen molar-refractivity contribution in [2.24, 2.45) is 0 Å². The molecule has 0 unspecified atom stereocenters. The zero-order valence-electron chi connectivity index (χ0n) is 8.08. The highest BCUT2D eigenvalue weighted by molar-refractivity contribution is 7.13. The van der Waals surface area contributed by atoms with Crippen LogP contribution in [0.4, 0.5) is 0 Å². The molecule has 0 aromatic carbocycles. The van der Waals surface area contributed by atoms with Crippen LogP contribution in [-0.2, 0) is 6.42 Å². The first kappa shape index (κ1) is 9.43. The van der Waals surface area contributed by atoms with Crippen LogP contribution in [0.3, 0.4) is 0 Å². The number of thiophene rings is 1. The van der Waals surface area contributed by atoms with Gasteiger partial charge in [0.05, 0.1) is 6.20 Å². The molecule has 14 heavy (non-hydrogen) atoms. The molecule has 74 valence electrons. The van der Waals surface area contributed by atoms with Gasteiger partial charge in [0.1, 0.15) is 0 Å². The van der Waals surface area contributed by atoms with Crippen molar-refractivity contribution in [3.8, 4) is 10.4 Å². The van der Waals surface area contributed by atoms with Crippen LogP contribution in [0, 0.1) is 0 Å². The number of nitrogens with zero attached hydrogens (tertiary/aromatic N) is 1. The van der Waals surface area contributed by atoms with E-state index in [2.05, 4.69) is 33.0 Å². The first-order valence-electron chi connectivity index (χ1n) is 4.62. The minimum absolute atomic E-state index is 0.973. The Morgan fingerprint density at radius 2 is 2.50 bits per heavy atom. The molecule has 0 aliphatic rings. The smallest absolute Gasteiger partial charge is 0.0576 e. The van der Waals surface area contributed by atoms with Crippen molar-refractivity contribution in [3.63, 3.8) is 0 Å². The summed E-state index contributed by atoms with van der Waals surface area (Å²) in [5, 5.41) is 12.4. The van der Waals surface area contributed by atoms with E-state index in [1.54, 1.807) is 11.3 Å². The molecule has 0 saturated carbocycles. The van der Waals surface area contributed by atoms with Gasteiger partial charge in [-0.2, -0.15) is 5.10 Å². The lowest BCUT2D eigenvalue weighted by Gasteiger charge is -1.99. The van der Waals surface area contributed by atoms with Crippen LogP contribution in [0.15, 0.2) is 23.7 Å². The Morgan fingerprint density at radius 3 is 3.21 bits per heavy atom. The second-order valence-electron chi connectivity index (χ2n) is 3.09. The number of hydrogen-bond acceptors (Lipinski definition) is 3. The summed E-state index contributed by atoms with van der Waals surface area (Å²) in [6.45, 7) is 0.973. The second-order valence-corrected chi connectivity index (χ2v) is 4.04. The summed E-state index contributed by atoms with van der Waals surface area (Å²) in [6, 6.07) is 4.19. The number of aromatic amines is 1. The highest BCUT2D eigenvalue weighted by atomic mass is 32.1. The van der Waals surface area contributed by atoms with Gasteiger partial charge in [0.25, 0.3) is 0 Å². The molecule has 0 radical (unpaired) electrons. The van der Waals surface area contributed by atoms with Crippen LogP contribution in [-0.4, -0.2) is 23.8 Å². The Bertz CT molecular complexity index is 378. The molecule has 0 aliphatic heterocycles. The third kappa shape index (κ3) is 1.86. The predicted molar refractivity (Wildman–Crippen MR) is 59.5 cm³/mol. The third-order valence-corrected chi connectivity index (χ3v) is 3.03. The van der Waals surface area contributed by atoms with Gasteiger partial charge in [0, 0.05) is 29.1 Å². The summed E-state index contributed by atoms with van der Waals surface area (Å²) in [7, 11) is 1.96. The van der Waals surface area contributed by atoms with E-state index in [-0.39, 0.29) is 0 Å². The van der Waals surface area contributed by atoms with Crippen LogP contribution in [0.1, 0.15) is 5.69 Å². The summed E-state index contributed by atoms with van der Waals surface area (Å²) in [5.41, 5.74) is 2.44. The highest BCUT2D eigenvalue weighted by Gasteiger charge is 2.07. The van der Waals surface area contributed by atoms with Crippen molar-refractivity contribution >= 4 is 11.3 Å². The van der Waals surface area contributed by atoms with Crippen molar-refractivity contribution in [3.05, 3.63) is 29.4 Å². The summed E-state index contributed by atoms with van der Waals surface area (Å²) in [4.78, 5) is 1.28. The number of aromatic nitrogens is 2. The fourth-order valence-electron chi connectivity index (χ4n) is 1.40. The number of hydrogen-bond donors (Lipinski definition) is 2. The van der Waals surface area contributed by atoms with Crippen molar-refractivity contribution in [2.45, 2.75) is 6.42 Å². The topological polar surface area (TPSA) is 40.7 Å². The molecule has 0 atom stereocenters. The minimum Gasteiger partial charge on any atom is -0.319 e. The number of rotatable bonds is 4. The van der Waals surface area contributed by atoms with E-state index in [1.165, 1.54) is 16.1 Å². The van der Waals surface area contributed by atoms with Gasteiger partial charge in [-0.3, -0.25) is 5.10 Å². The Labute approximate surface area is 87.2 Å². The molecular weight excluding hydrogens is 194 g/mol. The van der Waals surface area contributed by atoms with Crippen molar-refractivity contribution in [2.75, 3.05) is 13.6 Å². The highest BCUT2D eigenvalue weighted by Crippen LogP contribution is 2.26. The normalized spacial score (nSPS) is 10.6. The van der Waals surface area contributed by atoms with Crippen LogP contribution in [0.2, 0.25) is 0 Å². The molecule has 4 heteroatoms. The molecule has 0 saturated heterocycles. The molecule has 0 fully saturated rings. The van der Waals surface area contributed by atoms with Crippen LogP contribution in [0.25, 0.3) is 10.4 Å². The molecular formula is C10H13N3S. The van der Waals surface area contributed by atoms with Gasteiger partial charge >= 0.3 is 0 Å². The molecule has 0 bridgehead atoms. The molecule has 0 aliphatic carbocycles. The average Bonchev–Trinajstić information content (AvgIpc) is 2.84. The lowest BCUT2D eigenvalue weighted by molar-refractivity contribution is 0.773. The summed E-state index contributed by atoms with van der Waals surface area (Å²) < 4.78 is 0.